The summed E-state index contributed by atoms with van der Waals surface area (Å²) < 4.78 is 167. The first kappa shape index (κ1) is 103. The molecule has 4 atom stereocenters. The number of pyridine rings is 2. The lowest BCUT2D eigenvalue weighted by Gasteiger charge is -2.24. The Labute approximate surface area is 800 Å². The van der Waals surface area contributed by atoms with Crippen LogP contribution in [0.3, 0.4) is 0 Å². The van der Waals surface area contributed by atoms with Crippen molar-refractivity contribution in [2.24, 2.45) is 23.7 Å². The highest BCUT2D eigenvalue weighted by atomic mass is 32.1. The highest BCUT2D eigenvalue weighted by Crippen LogP contribution is 2.42. The van der Waals surface area contributed by atoms with Crippen LogP contribution in [0.15, 0.2) is 218 Å². The number of aromatic nitrogens is 10. The van der Waals surface area contributed by atoms with Gasteiger partial charge in [-0.2, -0.15) is 73.1 Å². The monoisotopic (exact) mass is 1940 g/mol. The molecular weight excluding hydrogens is 1830 g/mol. The van der Waals surface area contributed by atoms with Gasteiger partial charge < -0.3 is 19.6 Å². The number of amides is 4. The Morgan fingerprint density at radius 3 is 0.878 bits per heavy atom. The quantitative estimate of drug-likeness (QED) is 0.0356. The molecule has 0 saturated carbocycles. The number of hydrogen-bond acceptors (Lipinski definition) is 15. The third kappa shape index (κ3) is 27.4. The maximum Gasteiger partial charge on any atom is 0.435 e. The Balaban J connectivity index is 0.000000156. The molecule has 22 nitrogen and oxygen atoms in total. The van der Waals surface area contributed by atoms with Crippen LogP contribution in [0.25, 0.3) is 0 Å². The lowest BCUT2D eigenvalue weighted by atomic mass is 9.92. The van der Waals surface area contributed by atoms with E-state index in [0.29, 0.717) is 148 Å². The van der Waals surface area contributed by atoms with Crippen LogP contribution < -0.4 is 19.6 Å². The standard InChI is InChI=1S/C27H28F3N3O2.2C26H27F3N4O2.C25H26F3N3O2S/c1-32(21-12-6-3-7-13-21)26(35)20(16-19-10-4-2-5-11-19)17-22(34)18-33-24-15-9-8-14-23(24)25(31-33)27(28,29)30;1-32(20-10-3-2-4-11-20)25(35)18(15-19-9-7-8-14-30-19)16-21(34)17-33-23-13-6-5-12-22(23)24(31-33)26(27,28)29;1-32(20-9-3-2-4-10-20)25(35)19(14-18-8-7-13-30-16-18)15-21(34)17-33-23-12-6-5-11-22(23)24(31-33)26(27,28)29;1-30(18-8-3-2-4-9-18)24(33)17(15-20-10-7-13-34-20)14-19(32)16-31-22-12-6-5-11-21(22)23(29-31)25(26,27)28/h2-7,10-13,20H,8-9,14-18H2,1H3;2-4,7-11,14,18H,5-6,12-13,15-17H2,1H3;2-4,7-10,13,16,19H,5-6,11-12,14-15,17H2,1H3;2-4,7-10,13,17H,5-6,11-12,14-16H2,1H3. The number of alkyl halides is 12. The topological polar surface area (TPSA) is 247 Å². The number of Topliss-reactive ketones (excluding diaryl/α,β-unsaturated/α-hetero) is 4. The molecule has 12 aromatic rings. The summed E-state index contributed by atoms with van der Waals surface area (Å²) in [5.74, 6) is -4.89. The molecule has 0 aliphatic heterocycles. The molecule has 4 unspecified atom stereocenters. The molecule has 4 aliphatic rings. The zero-order valence-electron chi connectivity index (χ0n) is 77.4. The number of anilines is 4. The lowest BCUT2D eigenvalue weighted by Crippen LogP contribution is -2.36. The molecule has 732 valence electrons. The minimum Gasteiger partial charge on any atom is -0.315 e. The minimum absolute atomic E-state index is 0.0656. The molecule has 5 aromatic carbocycles. The largest absolute Gasteiger partial charge is 0.435 e. The second-order valence-electron chi connectivity index (χ2n) is 35.3. The van der Waals surface area contributed by atoms with Crippen molar-refractivity contribution < 1.29 is 91.0 Å². The Kier molecular flexibility index (Phi) is 34.8. The molecule has 35 heteroatoms. The molecule has 4 aliphatic carbocycles. The van der Waals surface area contributed by atoms with E-state index in [4.69, 9.17) is 0 Å². The zero-order chi connectivity index (χ0) is 99.3. The summed E-state index contributed by atoms with van der Waals surface area (Å²) in [5.41, 5.74) is 4.36. The van der Waals surface area contributed by atoms with Crippen LogP contribution in [-0.4, -0.2) is 124 Å². The Morgan fingerprint density at radius 1 is 0.317 bits per heavy atom. The molecule has 0 radical (unpaired) electrons. The van der Waals surface area contributed by atoms with Gasteiger partial charge in [-0.3, -0.25) is 67.1 Å². The fraction of sp³-hybridized carbons (Fsp3) is 0.385. The molecular formula is C104H108F12N14O8S. The van der Waals surface area contributed by atoms with Crippen molar-refractivity contribution in [3.05, 3.63) is 308 Å². The van der Waals surface area contributed by atoms with E-state index in [2.05, 4.69) is 30.4 Å². The van der Waals surface area contributed by atoms with Crippen LogP contribution in [0.1, 0.15) is 167 Å². The van der Waals surface area contributed by atoms with Crippen molar-refractivity contribution in [2.75, 3.05) is 47.8 Å². The molecule has 0 saturated heterocycles. The van der Waals surface area contributed by atoms with Crippen molar-refractivity contribution in [3.8, 4) is 0 Å². The second kappa shape index (κ2) is 46.9. The van der Waals surface area contributed by atoms with Crippen LogP contribution >= 0.6 is 11.3 Å². The van der Waals surface area contributed by atoms with Crippen LogP contribution in [0.5, 0.6) is 0 Å². The number of fused-ring (bicyclic) bond motifs is 4. The van der Waals surface area contributed by atoms with Gasteiger partial charge in [-0.25, -0.2) is 0 Å². The van der Waals surface area contributed by atoms with Gasteiger partial charge >= 0.3 is 24.7 Å². The average Bonchev–Trinajstić information content (AvgIpc) is 1.64. The summed E-state index contributed by atoms with van der Waals surface area (Å²) in [5, 5.41) is 17.1. The molecule has 4 amide bonds. The van der Waals surface area contributed by atoms with Crippen molar-refractivity contribution in [1.82, 2.24) is 49.1 Å². The highest BCUT2D eigenvalue weighted by molar-refractivity contribution is 7.09. The van der Waals surface area contributed by atoms with E-state index in [1.807, 2.05) is 151 Å². The van der Waals surface area contributed by atoms with Crippen molar-refractivity contribution in [1.29, 1.82) is 0 Å². The fourth-order valence-corrected chi connectivity index (χ4v) is 19.3. The van der Waals surface area contributed by atoms with Crippen molar-refractivity contribution in [2.45, 2.75) is 205 Å². The van der Waals surface area contributed by atoms with E-state index in [-0.39, 0.29) is 127 Å². The molecule has 0 N–H and O–H groups in total. The summed E-state index contributed by atoms with van der Waals surface area (Å²) in [7, 11) is 6.63. The van der Waals surface area contributed by atoms with Crippen molar-refractivity contribution in [3.63, 3.8) is 0 Å². The number of halogens is 12. The predicted octanol–water partition coefficient (Wildman–Crippen LogP) is 19.9. The fourth-order valence-electron chi connectivity index (χ4n) is 18.5. The van der Waals surface area contributed by atoms with Crippen LogP contribution in [-0.2, 0) is 166 Å². The molecule has 7 heterocycles. The predicted molar refractivity (Wildman–Crippen MR) is 501 cm³/mol. The first-order valence-corrected chi connectivity index (χ1v) is 47.2. The molecule has 16 rings (SSSR count). The maximum atomic E-state index is 13.5. The normalized spacial score (nSPS) is 14.3. The van der Waals surface area contributed by atoms with E-state index in [1.165, 1.54) is 49.7 Å². The molecule has 139 heavy (non-hydrogen) atoms. The van der Waals surface area contributed by atoms with Gasteiger partial charge in [-0.05, 0) is 211 Å². The average molecular weight is 1940 g/mol. The third-order valence-corrected chi connectivity index (χ3v) is 26.2. The van der Waals surface area contributed by atoms with E-state index in [0.717, 1.165) is 41.7 Å². The number of nitrogens with zero attached hydrogens (tertiary/aromatic N) is 14. The minimum atomic E-state index is -4.56. The summed E-state index contributed by atoms with van der Waals surface area (Å²) in [6.07, 6.45) is -3.59. The van der Waals surface area contributed by atoms with Gasteiger partial charge in [0.1, 0.15) is 0 Å². The molecule has 7 aromatic heterocycles. The van der Waals surface area contributed by atoms with Gasteiger partial charge in [0.05, 0.1) is 38.0 Å². The number of hydrogen-bond donors (Lipinski definition) is 0. The Bertz CT molecular complexity index is 5710. The second-order valence-corrected chi connectivity index (χ2v) is 36.3. The summed E-state index contributed by atoms with van der Waals surface area (Å²) in [4.78, 5) is 121. The number of benzene rings is 5. The number of thiophene rings is 1. The zero-order valence-corrected chi connectivity index (χ0v) is 78.2. The highest BCUT2D eigenvalue weighted by Gasteiger charge is 2.45. The lowest BCUT2D eigenvalue weighted by molar-refractivity contribution is -0.143. The van der Waals surface area contributed by atoms with E-state index in [1.54, 1.807) is 95.3 Å². The SMILES string of the molecule is CN(C(=O)C(CC(=O)Cn1nc(C(F)(F)F)c2c1CCCC2)Cc1ccccc1)c1ccccc1.CN(C(=O)C(CC(=O)Cn1nc(C(F)(F)F)c2c1CCCC2)Cc1ccccn1)c1ccccc1.CN(C(=O)C(CC(=O)Cn1nc(C(F)(F)F)c2c1CCCC2)Cc1cccnc1)c1ccccc1.CN(C(=O)C(CC(=O)Cn1nc(C(F)(F)F)c2c1CCCC2)Cc1cccs1)c1ccccc1. The van der Waals surface area contributed by atoms with Gasteiger partial charge in [-0.1, -0.05) is 121 Å². The number of rotatable bonds is 32. The van der Waals surface area contributed by atoms with Gasteiger partial charge in [0.2, 0.25) is 23.6 Å². The Hall–Kier alpha value is -13.3. The molecule has 0 spiro atoms. The smallest absolute Gasteiger partial charge is 0.315 e. The maximum absolute atomic E-state index is 13.5. The van der Waals surface area contributed by atoms with Gasteiger partial charge in [0.15, 0.2) is 45.9 Å². The summed E-state index contributed by atoms with van der Waals surface area (Å²) in [6.45, 7) is -1.11. The number of carbonyl (C=O) groups is 8. The van der Waals surface area contributed by atoms with Gasteiger partial charge in [0.25, 0.3) is 0 Å². The first-order chi connectivity index (χ1) is 66.4. The third-order valence-electron chi connectivity index (χ3n) is 25.3. The number of ketones is 4. The van der Waals surface area contributed by atoms with Gasteiger partial charge in [0, 0.05) is 169 Å². The summed E-state index contributed by atoms with van der Waals surface area (Å²) >= 11 is 1.51. The van der Waals surface area contributed by atoms with Crippen LogP contribution in [0.4, 0.5) is 75.4 Å². The van der Waals surface area contributed by atoms with E-state index in [9.17, 15) is 91.0 Å². The summed E-state index contributed by atoms with van der Waals surface area (Å²) in [6, 6.07) is 58.6. The van der Waals surface area contributed by atoms with E-state index >= 15 is 0 Å². The molecule has 0 fully saturated rings. The van der Waals surface area contributed by atoms with Crippen LogP contribution in [0, 0.1) is 23.7 Å². The number of carbonyl (C=O) groups excluding carboxylic acids is 8. The Morgan fingerprint density at radius 2 is 0.597 bits per heavy atom. The van der Waals surface area contributed by atoms with Crippen LogP contribution in [0.2, 0.25) is 0 Å². The van der Waals surface area contributed by atoms with Gasteiger partial charge in [-0.15, -0.1) is 11.3 Å². The molecule has 0 bridgehead atoms. The van der Waals surface area contributed by atoms with E-state index < -0.39 is 71.2 Å². The van der Waals surface area contributed by atoms with Crippen molar-refractivity contribution >= 4 is 80.8 Å². The first-order valence-electron chi connectivity index (χ1n) is 46.3. The number of para-hydroxylation sites is 4.